The minimum absolute atomic E-state index is 0.231. The van der Waals surface area contributed by atoms with Gasteiger partial charge in [-0.2, -0.15) is 0 Å². The van der Waals surface area contributed by atoms with Crippen molar-refractivity contribution in [1.82, 2.24) is 15.6 Å². The highest BCUT2D eigenvalue weighted by atomic mass is 16.3. The lowest BCUT2D eigenvalue weighted by Gasteiger charge is -2.16. The number of amides is 2. The molecule has 2 amide bonds. The molecule has 24 heavy (non-hydrogen) atoms. The zero-order valence-corrected chi connectivity index (χ0v) is 14.5. The van der Waals surface area contributed by atoms with E-state index in [4.69, 9.17) is 0 Å². The molecular formula is C18H26N4O2. The lowest BCUT2D eigenvalue weighted by molar-refractivity contribution is 0.160. The third kappa shape index (κ3) is 4.83. The molecular weight excluding hydrogens is 304 g/mol. The zero-order chi connectivity index (χ0) is 17.5. The van der Waals surface area contributed by atoms with Gasteiger partial charge in [-0.25, -0.2) is 9.78 Å². The van der Waals surface area contributed by atoms with Crippen LogP contribution in [0.5, 0.6) is 0 Å². The van der Waals surface area contributed by atoms with Crippen molar-refractivity contribution in [2.45, 2.75) is 32.4 Å². The molecule has 1 aromatic heterocycles. The number of nitrogens with zero attached hydrogens (tertiary/aromatic N) is 2. The highest BCUT2D eigenvalue weighted by Gasteiger charge is 2.09. The van der Waals surface area contributed by atoms with E-state index in [1.54, 1.807) is 0 Å². The van der Waals surface area contributed by atoms with Gasteiger partial charge in [0, 0.05) is 32.6 Å². The molecule has 0 aliphatic carbocycles. The number of aromatic nitrogens is 1. The maximum atomic E-state index is 11.9. The maximum Gasteiger partial charge on any atom is 0.315 e. The predicted molar refractivity (Wildman–Crippen MR) is 97.2 cm³/mol. The Morgan fingerprint density at radius 3 is 2.75 bits per heavy atom. The van der Waals surface area contributed by atoms with Crippen molar-refractivity contribution >= 4 is 22.8 Å². The summed E-state index contributed by atoms with van der Waals surface area (Å²) < 4.78 is 0. The monoisotopic (exact) mass is 330 g/mol. The SMILES string of the molecule is CCC(O)CCNC(=O)NCc1cc(N(C)C)nc2ccccc12. The minimum atomic E-state index is -0.364. The van der Waals surface area contributed by atoms with E-state index in [-0.39, 0.29) is 12.1 Å². The average molecular weight is 330 g/mol. The number of benzene rings is 1. The van der Waals surface area contributed by atoms with E-state index in [0.717, 1.165) is 22.3 Å². The molecule has 0 bridgehead atoms. The summed E-state index contributed by atoms with van der Waals surface area (Å²) in [6.07, 6.45) is 0.893. The lowest BCUT2D eigenvalue weighted by atomic mass is 10.1. The van der Waals surface area contributed by atoms with Gasteiger partial charge in [-0.1, -0.05) is 25.1 Å². The fourth-order valence-electron chi connectivity index (χ4n) is 2.40. The normalized spacial score (nSPS) is 12.0. The van der Waals surface area contributed by atoms with E-state index >= 15 is 0 Å². The van der Waals surface area contributed by atoms with Crippen LogP contribution in [-0.4, -0.2) is 42.9 Å². The summed E-state index contributed by atoms with van der Waals surface area (Å²) in [7, 11) is 3.89. The van der Waals surface area contributed by atoms with Gasteiger partial charge < -0.3 is 20.6 Å². The zero-order valence-electron chi connectivity index (χ0n) is 14.5. The van der Waals surface area contributed by atoms with Gasteiger partial charge in [0.15, 0.2) is 0 Å². The van der Waals surface area contributed by atoms with Gasteiger partial charge in [-0.15, -0.1) is 0 Å². The molecule has 0 saturated heterocycles. The van der Waals surface area contributed by atoms with Crippen molar-refractivity contribution in [3.63, 3.8) is 0 Å². The summed E-state index contributed by atoms with van der Waals surface area (Å²) in [6.45, 7) is 2.80. The highest BCUT2D eigenvalue weighted by Crippen LogP contribution is 2.21. The second-order valence-corrected chi connectivity index (χ2v) is 6.01. The van der Waals surface area contributed by atoms with E-state index in [9.17, 15) is 9.90 Å². The van der Waals surface area contributed by atoms with Crippen molar-refractivity contribution in [2.75, 3.05) is 25.5 Å². The maximum absolute atomic E-state index is 11.9. The van der Waals surface area contributed by atoms with E-state index in [2.05, 4.69) is 15.6 Å². The summed E-state index contributed by atoms with van der Waals surface area (Å²) in [5.74, 6) is 0.858. The molecule has 2 rings (SSSR count). The van der Waals surface area contributed by atoms with Crippen LogP contribution in [0, 0.1) is 0 Å². The van der Waals surface area contributed by atoms with Gasteiger partial charge in [0.1, 0.15) is 5.82 Å². The van der Waals surface area contributed by atoms with Crippen molar-refractivity contribution < 1.29 is 9.90 Å². The van der Waals surface area contributed by atoms with Crippen LogP contribution in [0.3, 0.4) is 0 Å². The molecule has 0 aliphatic rings. The molecule has 0 fully saturated rings. The van der Waals surface area contributed by atoms with Crippen LogP contribution in [0.1, 0.15) is 25.3 Å². The molecule has 0 saturated carbocycles. The fourth-order valence-corrected chi connectivity index (χ4v) is 2.40. The van der Waals surface area contributed by atoms with Gasteiger partial charge in [-0.05, 0) is 30.5 Å². The molecule has 1 unspecified atom stereocenters. The first-order valence-electron chi connectivity index (χ1n) is 8.27. The largest absolute Gasteiger partial charge is 0.393 e. The molecule has 6 heteroatoms. The predicted octanol–water partition coefficient (Wildman–Crippen LogP) is 2.26. The Morgan fingerprint density at radius 2 is 2.04 bits per heavy atom. The first-order valence-corrected chi connectivity index (χ1v) is 8.27. The quantitative estimate of drug-likeness (QED) is 0.728. The number of hydrogen-bond acceptors (Lipinski definition) is 4. The van der Waals surface area contributed by atoms with E-state index in [1.165, 1.54) is 0 Å². The van der Waals surface area contributed by atoms with Gasteiger partial charge in [-0.3, -0.25) is 0 Å². The number of hydrogen-bond donors (Lipinski definition) is 3. The topological polar surface area (TPSA) is 77.5 Å². The Hall–Kier alpha value is -2.34. The molecule has 130 valence electrons. The third-order valence-electron chi connectivity index (χ3n) is 3.92. The number of fused-ring (bicyclic) bond motifs is 1. The van der Waals surface area contributed by atoms with Crippen LogP contribution in [-0.2, 0) is 6.54 Å². The summed E-state index contributed by atoms with van der Waals surface area (Å²) in [5, 5.41) is 16.2. The van der Waals surface area contributed by atoms with Crippen molar-refractivity contribution in [1.29, 1.82) is 0 Å². The number of nitrogens with one attached hydrogen (secondary N) is 2. The molecule has 1 heterocycles. The number of pyridine rings is 1. The Labute approximate surface area is 142 Å². The number of aliphatic hydroxyl groups is 1. The van der Waals surface area contributed by atoms with Crippen LogP contribution < -0.4 is 15.5 Å². The molecule has 6 nitrogen and oxygen atoms in total. The van der Waals surface area contributed by atoms with Crippen molar-refractivity contribution in [3.05, 3.63) is 35.9 Å². The number of rotatable bonds is 7. The molecule has 1 aromatic carbocycles. The first-order chi connectivity index (χ1) is 11.5. The summed E-state index contributed by atoms with van der Waals surface area (Å²) in [5.41, 5.74) is 1.93. The number of urea groups is 1. The Kier molecular flexibility index (Phi) is 6.37. The number of carbonyl (C=O) groups excluding carboxylic acids is 1. The summed E-state index contributed by atoms with van der Waals surface area (Å²) in [6, 6.07) is 9.66. The average Bonchev–Trinajstić information content (AvgIpc) is 2.59. The van der Waals surface area contributed by atoms with Crippen LogP contribution >= 0.6 is 0 Å². The molecule has 0 spiro atoms. The van der Waals surface area contributed by atoms with Gasteiger partial charge in [0.05, 0.1) is 11.6 Å². The number of para-hydroxylation sites is 1. The summed E-state index contributed by atoms with van der Waals surface area (Å²) >= 11 is 0. The third-order valence-corrected chi connectivity index (χ3v) is 3.92. The van der Waals surface area contributed by atoms with E-state index in [1.807, 2.05) is 56.3 Å². The number of carbonyl (C=O) groups is 1. The fraction of sp³-hybridized carbons (Fsp3) is 0.444. The lowest BCUT2D eigenvalue weighted by Crippen LogP contribution is -2.36. The molecule has 0 radical (unpaired) electrons. The van der Waals surface area contributed by atoms with E-state index in [0.29, 0.717) is 25.9 Å². The number of aliphatic hydroxyl groups excluding tert-OH is 1. The standard InChI is InChI=1S/C18H26N4O2/c1-4-14(23)9-10-19-18(24)20-12-13-11-17(22(2)3)21-16-8-6-5-7-15(13)16/h5-8,11,14,23H,4,9-10,12H2,1-3H3,(H2,19,20,24). The van der Waals surface area contributed by atoms with Crippen molar-refractivity contribution in [3.8, 4) is 0 Å². The molecule has 3 N–H and O–H groups in total. The van der Waals surface area contributed by atoms with Crippen LogP contribution in [0.2, 0.25) is 0 Å². The Bertz CT molecular complexity index is 688. The molecule has 2 aromatic rings. The van der Waals surface area contributed by atoms with Crippen LogP contribution in [0.15, 0.2) is 30.3 Å². The number of anilines is 1. The highest BCUT2D eigenvalue weighted by molar-refractivity contribution is 5.84. The molecule has 1 atom stereocenters. The second-order valence-electron chi connectivity index (χ2n) is 6.01. The Balaban J connectivity index is 2.02. The Morgan fingerprint density at radius 1 is 1.29 bits per heavy atom. The van der Waals surface area contributed by atoms with Gasteiger partial charge in [0.2, 0.25) is 0 Å². The second kappa shape index (κ2) is 8.49. The van der Waals surface area contributed by atoms with Crippen molar-refractivity contribution in [2.24, 2.45) is 0 Å². The van der Waals surface area contributed by atoms with Gasteiger partial charge in [0.25, 0.3) is 0 Å². The van der Waals surface area contributed by atoms with E-state index < -0.39 is 0 Å². The summed E-state index contributed by atoms with van der Waals surface area (Å²) in [4.78, 5) is 18.5. The first kappa shape index (κ1) is 18.0. The minimum Gasteiger partial charge on any atom is -0.393 e. The van der Waals surface area contributed by atoms with Gasteiger partial charge >= 0.3 is 6.03 Å². The van der Waals surface area contributed by atoms with Crippen LogP contribution in [0.25, 0.3) is 10.9 Å². The smallest absolute Gasteiger partial charge is 0.315 e. The molecule has 0 aliphatic heterocycles. The van der Waals surface area contributed by atoms with Crippen LogP contribution in [0.4, 0.5) is 10.6 Å².